The summed E-state index contributed by atoms with van der Waals surface area (Å²) >= 11 is 4.28. The Hall–Kier alpha value is -4.26. The van der Waals surface area contributed by atoms with Crippen LogP contribution in [0.2, 0.25) is 0 Å². The number of benzene rings is 2. The maximum atomic E-state index is 13.7. The van der Waals surface area contributed by atoms with Crippen LogP contribution in [0.15, 0.2) is 99.9 Å². The normalized spacial score (nSPS) is 14.5. The van der Waals surface area contributed by atoms with Gasteiger partial charge in [-0.1, -0.05) is 54.2 Å². The number of para-hydroxylation sites is 1. The van der Waals surface area contributed by atoms with Gasteiger partial charge in [-0.3, -0.25) is 14.2 Å². The summed E-state index contributed by atoms with van der Waals surface area (Å²) in [4.78, 5) is 27.9. The molecule has 12 heteroatoms. The van der Waals surface area contributed by atoms with Crippen LogP contribution in [0.25, 0.3) is 5.69 Å². The van der Waals surface area contributed by atoms with Crippen LogP contribution in [0.5, 0.6) is 5.75 Å². The van der Waals surface area contributed by atoms with E-state index in [0.717, 1.165) is 27.6 Å². The minimum absolute atomic E-state index is 0.112. The van der Waals surface area contributed by atoms with Gasteiger partial charge in [-0.2, -0.15) is 5.10 Å². The molecule has 2 aromatic carbocycles. The van der Waals surface area contributed by atoms with Crippen molar-refractivity contribution in [3.8, 4) is 11.4 Å². The maximum Gasteiger partial charge on any atom is 0.261 e. The molecule has 1 unspecified atom stereocenters. The van der Waals surface area contributed by atoms with E-state index < -0.39 is 0 Å². The highest BCUT2D eigenvalue weighted by Gasteiger charge is 2.33. The lowest BCUT2D eigenvalue weighted by atomic mass is 10.0. The van der Waals surface area contributed by atoms with Crippen molar-refractivity contribution in [3.05, 3.63) is 111 Å². The summed E-state index contributed by atoms with van der Waals surface area (Å²) in [7, 11) is 1.63. The van der Waals surface area contributed by atoms with Crippen molar-refractivity contribution < 1.29 is 14.3 Å². The van der Waals surface area contributed by atoms with E-state index in [2.05, 4.69) is 15.5 Å². The third-order valence-electron chi connectivity index (χ3n) is 6.66. The second kappa shape index (κ2) is 12.7. The van der Waals surface area contributed by atoms with Crippen LogP contribution in [0.3, 0.4) is 0 Å². The molecule has 0 spiro atoms. The summed E-state index contributed by atoms with van der Waals surface area (Å²) in [5.74, 6) is 1.13. The number of hydrogen-bond acceptors (Lipinski definition) is 9. The molecule has 0 saturated heterocycles. The molecule has 5 aromatic rings. The number of carbonyl (C=O) groups is 2. The van der Waals surface area contributed by atoms with Crippen LogP contribution >= 0.6 is 34.4 Å². The van der Waals surface area contributed by atoms with Gasteiger partial charge in [0, 0.05) is 12.1 Å². The number of amides is 2. The summed E-state index contributed by atoms with van der Waals surface area (Å²) < 4.78 is 7.20. The number of hydrogen-bond donors (Lipinski definition) is 1. The number of thioether (sulfide) groups is 1. The molecule has 0 saturated carbocycles. The lowest BCUT2D eigenvalue weighted by molar-refractivity contribution is -0.130. The quantitative estimate of drug-likeness (QED) is 0.200. The topological polar surface area (TPSA) is 102 Å². The zero-order valence-corrected chi connectivity index (χ0v) is 25.0. The Morgan fingerprint density at radius 1 is 0.976 bits per heavy atom. The number of aromatic nitrogens is 3. The number of nitrogens with one attached hydrogen (secondary N) is 1. The van der Waals surface area contributed by atoms with E-state index in [-0.39, 0.29) is 30.2 Å². The third kappa shape index (κ3) is 6.01. The molecular weight excluding hydrogens is 589 g/mol. The monoisotopic (exact) mass is 614 g/mol. The van der Waals surface area contributed by atoms with Crippen molar-refractivity contribution in [1.82, 2.24) is 25.1 Å². The lowest BCUT2D eigenvalue weighted by Crippen LogP contribution is -2.28. The smallest absolute Gasteiger partial charge is 0.261 e. The van der Waals surface area contributed by atoms with Gasteiger partial charge in [0.15, 0.2) is 11.0 Å². The predicted octanol–water partition coefficient (Wildman–Crippen LogP) is 5.80. The van der Waals surface area contributed by atoms with E-state index in [1.54, 1.807) is 29.5 Å². The molecule has 0 bridgehead atoms. The Kier molecular flexibility index (Phi) is 8.45. The van der Waals surface area contributed by atoms with Crippen molar-refractivity contribution in [2.45, 2.75) is 24.2 Å². The number of ether oxygens (including phenoxy) is 1. The van der Waals surface area contributed by atoms with Gasteiger partial charge in [0.2, 0.25) is 0 Å². The maximum absolute atomic E-state index is 13.7. The van der Waals surface area contributed by atoms with Crippen LogP contribution in [0.4, 0.5) is 0 Å². The first-order chi connectivity index (χ1) is 20.6. The second-order valence-corrected chi connectivity index (χ2v) is 12.1. The molecule has 1 aliphatic heterocycles. The van der Waals surface area contributed by atoms with E-state index >= 15 is 0 Å². The first kappa shape index (κ1) is 27.9. The number of thiophene rings is 2. The predicted molar refractivity (Wildman–Crippen MR) is 166 cm³/mol. The Labute approximate surface area is 254 Å². The number of carbonyl (C=O) groups excluding carboxylic acids is 2. The molecule has 1 N–H and O–H groups in total. The molecular formula is C30H26N6O3S3. The molecule has 0 fully saturated rings. The fourth-order valence-electron chi connectivity index (χ4n) is 4.61. The van der Waals surface area contributed by atoms with Gasteiger partial charge < -0.3 is 10.1 Å². The molecule has 2 amide bonds. The lowest BCUT2D eigenvalue weighted by Gasteiger charge is -2.22. The van der Waals surface area contributed by atoms with Crippen molar-refractivity contribution >= 4 is 52.0 Å². The van der Waals surface area contributed by atoms with Crippen LogP contribution in [0.1, 0.15) is 38.4 Å². The number of nitrogens with zero attached hydrogens (tertiary/aromatic N) is 5. The van der Waals surface area contributed by atoms with Crippen molar-refractivity contribution in [3.63, 3.8) is 0 Å². The van der Waals surface area contributed by atoms with Crippen molar-refractivity contribution in [2.24, 2.45) is 5.10 Å². The molecule has 3 aromatic heterocycles. The van der Waals surface area contributed by atoms with Gasteiger partial charge >= 0.3 is 0 Å². The van der Waals surface area contributed by atoms with E-state index in [9.17, 15) is 9.59 Å². The second-order valence-electron chi connectivity index (χ2n) is 9.27. The van der Waals surface area contributed by atoms with Gasteiger partial charge in [0.1, 0.15) is 5.75 Å². The molecule has 42 heavy (non-hydrogen) atoms. The zero-order chi connectivity index (χ0) is 28.9. The average Bonchev–Trinajstić information content (AvgIpc) is 3.86. The Bertz CT molecular complexity index is 1680. The van der Waals surface area contributed by atoms with Gasteiger partial charge in [-0.05, 0) is 52.7 Å². The van der Waals surface area contributed by atoms with Crippen LogP contribution in [-0.4, -0.2) is 50.2 Å². The Morgan fingerprint density at radius 3 is 2.48 bits per heavy atom. The first-order valence-electron chi connectivity index (χ1n) is 13.1. The number of hydrazone groups is 1. The van der Waals surface area contributed by atoms with Crippen LogP contribution in [0, 0.1) is 0 Å². The first-order valence-corrected chi connectivity index (χ1v) is 15.9. The van der Waals surface area contributed by atoms with Crippen molar-refractivity contribution in [1.29, 1.82) is 0 Å². The molecule has 9 nitrogen and oxygen atoms in total. The minimum atomic E-state index is -0.226. The average molecular weight is 615 g/mol. The fraction of sp³-hybridized carbons (Fsp3) is 0.167. The summed E-state index contributed by atoms with van der Waals surface area (Å²) in [6.45, 7) is 0.188. The standard InChI is InChI=1S/C30H26N6O3S3/c1-39-22-13-11-20(12-14-22)24-17-23(25-9-5-15-40-25)34-36(24)28(37)19-42-30-33-32-27(35(30)21-7-3-2-4-8-21)18-31-29(38)26-10-6-16-41-26/h2-16,24H,17-19H2,1H3,(H,31,38). The zero-order valence-electron chi connectivity index (χ0n) is 22.5. The van der Waals surface area contributed by atoms with Gasteiger partial charge in [0.05, 0.1) is 40.9 Å². The molecule has 1 atom stereocenters. The summed E-state index contributed by atoms with van der Waals surface area (Å²) in [6.07, 6.45) is 0.623. The van der Waals surface area contributed by atoms with Crippen LogP contribution < -0.4 is 10.1 Å². The van der Waals surface area contributed by atoms with Gasteiger partial charge in [-0.25, -0.2) is 5.01 Å². The number of methoxy groups -OCH3 is 1. The van der Waals surface area contributed by atoms with E-state index in [1.807, 2.05) is 88.1 Å². The summed E-state index contributed by atoms with van der Waals surface area (Å²) in [5, 5.41) is 22.5. The minimum Gasteiger partial charge on any atom is -0.497 e. The molecule has 6 rings (SSSR count). The Morgan fingerprint density at radius 2 is 1.76 bits per heavy atom. The van der Waals surface area contributed by atoms with Crippen LogP contribution in [-0.2, 0) is 11.3 Å². The van der Waals surface area contributed by atoms with E-state index in [0.29, 0.717) is 22.3 Å². The highest BCUT2D eigenvalue weighted by molar-refractivity contribution is 7.99. The molecule has 0 aliphatic carbocycles. The SMILES string of the molecule is COc1ccc(C2CC(c3cccs3)=NN2C(=O)CSc2nnc(CNC(=O)c3cccs3)n2-c2ccccc2)cc1. The van der Waals surface area contributed by atoms with Crippen molar-refractivity contribution in [2.75, 3.05) is 12.9 Å². The molecule has 0 radical (unpaired) electrons. The van der Waals surface area contributed by atoms with E-state index in [4.69, 9.17) is 9.84 Å². The Balaban J connectivity index is 1.22. The third-order valence-corrected chi connectivity index (χ3v) is 9.36. The van der Waals surface area contributed by atoms with Gasteiger partial charge in [0.25, 0.3) is 11.8 Å². The van der Waals surface area contributed by atoms with Gasteiger partial charge in [-0.15, -0.1) is 32.9 Å². The molecule has 4 heterocycles. The largest absolute Gasteiger partial charge is 0.497 e. The summed E-state index contributed by atoms with van der Waals surface area (Å²) in [5.41, 5.74) is 2.72. The highest BCUT2D eigenvalue weighted by Crippen LogP contribution is 2.35. The molecule has 1 aliphatic rings. The fourth-order valence-corrected chi connectivity index (χ4v) is 6.79. The molecule has 212 valence electrons. The number of rotatable bonds is 10. The van der Waals surface area contributed by atoms with E-state index in [1.165, 1.54) is 23.1 Å². The highest BCUT2D eigenvalue weighted by atomic mass is 32.2. The summed E-state index contributed by atoms with van der Waals surface area (Å²) in [6, 6.07) is 24.8.